The van der Waals surface area contributed by atoms with Crippen LogP contribution in [0.2, 0.25) is 6.04 Å². The topological polar surface area (TPSA) is 72.5 Å². The molecule has 22 heavy (non-hydrogen) atoms. The number of ether oxygens (including phenoxy) is 3. The minimum Gasteiger partial charge on any atom is -0.440 e. The lowest BCUT2D eigenvalue weighted by atomic mass is 10.1. The van der Waals surface area contributed by atoms with Gasteiger partial charge in [0.25, 0.3) is 0 Å². The van der Waals surface area contributed by atoms with Gasteiger partial charge in [0.2, 0.25) is 0 Å². The number of hydrogen-bond donors (Lipinski definition) is 0. The molecule has 8 heteroatoms. The molecule has 1 rings (SSSR count). The zero-order chi connectivity index (χ0) is 16.6. The van der Waals surface area contributed by atoms with E-state index < -0.39 is 15.3 Å². The van der Waals surface area contributed by atoms with E-state index in [1.54, 1.807) is 24.3 Å². The van der Waals surface area contributed by atoms with Crippen LogP contribution in [-0.2, 0) is 22.8 Å². The second-order valence-electron chi connectivity index (χ2n) is 4.27. The summed E-state index contributed by atoms with van der Waals surface area (Å²) >= 11 is 0. The molecule has 0 atom stereocenters. The largest absolute Gasteiger partial charge is 0.508 e. The fraction of sp³-hybridized carbons (Fsp3) is 0.500. The van der Waals surface area contributed by atoms with E-state index in [1.807, 2.05) is 0 Å². The molecule has 0 bridgehead atoms. The van der Waals surface area contributed by atoms with Gasteiger partial charge in [0.1, 0.15) is 5.75 Å². The smallest absolute Gasteiger partial charge is 0.440 e. The van der Waals surface area contributed by atoms with Crippen molar-refractivity contribution in [2.45, 2.75) is 12.5 Å². The lowest BCUT2D eigenvalue weighted by molar-refractivity contribution is -0.219. The molecule has 0 amide bonds. The van der Waals surface area contributed by atoms with Crippen LogP contribution in [0, 0.1) is 0 Å². The fourth-order valence-corrected chi connectivity index (χ4v) is 3.37. The van der Waals surface area contributed by atoms with Crippen molar-refractivity contribution in [1.82, 2.24) is 0 Å². The summed E-state index contributed by atoms with van der Waals surface area (Å²) in [6, 6.07) is 6.81. The SMILES string of the molecule is COC(OC)Oc1ccccc1C(=O)C[Si](OC)(OC)OC. The van der Waals surface area contributed by atoms with Crippen LogP contribution in [-0.4, -0.2) is 56.6 Å². The Morgan fingerprint density at radius 2 is 1.55 bits per heavy atom. The maximum absolute atomic E-state index is 12.5. The van der Waals surface area contributed by atoms with Crippen molar-refractivity contribution in [1.29, 1.82) is 0 Å². The van der Waals surface area contributed by atoms with Crippen molar-refractivity contribution < 1.29 is 32.3 Å². The van der Waals surface area contributed by atoms with E-state index in [4.69, 9.17) is 27.5 Å². The number of hydrogen-bond acceptors (Lipinski definition) is 7. The molecule has 0 aliphatic carbocycles. The van der Waals surface area contributed by atoms with Crippen molar-refractivity contribution >= 4 is 14.6 Å². The average molecular weight is 330 g/mol. The third-order valence-electron chi connectivity index (χ3n) is 3.11. The summed E-state index contributed by atoms with van der Waals surface area (Å²) in [5.41, 5.74) is 0.379. The Morgan fingerprint density at radius 1 is 1.00 bits per heavy atom. The van der Waals surface area contributed by atoms with Gasteiger partial charge in [-0.1, -0.05) is 12.1 Å². The lowest BCUT2D eigenvalue weighted by Gasteiger charge is -2.24. The number of methoxy groups -OCH3 is 2. The molecule has 0 aliphatic heterocycles. The van der Waals surface area contributed by atoms with E-state index in [1.165, 1.54) is 35.5 Å². The van der Waals surface area contributed by atoms with Gasteiger partial charge in [-0.15, -0.1) is 0 Å². The summed E-state index contributed by atoms with van der Waals surface area (Å²) in [4.78, 5) is 12.5. The fourth-order valence-electron chi connectivity index (χ4n) is 1.85. The number of rotatable bonds is 10. The predicted molar refractivity (Wildman–Crippen MR) is 80.8 cm³/mol. The first-order valence-electron chi connectivity index (χ1n) is 6.55. The summed E-state index contributed by atoms with van der Waals surface area (Å²) in [5, 5.41) is 0. The van der Waals surface area contributed by atoms with Crippen LogP contribution in [0.15, 0.2) is 24.3 Å². The van der Waals surface area contributed by atoms with Gasteiger partial charge in [-0.05, 0) is 12.1 Å². The summed E-state index contributed by atoms with van der Waals surface area (Å²) in [6.07, 6.45) is 0. The first kappa shape index (κ1) is 18.8. The zero-order valence-corrected chi connectivity index (χ0v) is 14.5. The molecule has 0 N–H and O–H groups in total. The number of carbonyl (C=O) groups is 1. The normalized spacial score (nSPS) is 11.7. The van der Waals surface area contributed by atoms with E-state index >= 15 is 0 Å². The molecule has 0 spiro atoms. The van der Waals surface area contributed by atoms with Gasteiger partial charge in [-0.3, -0.25) is 4.79 Å². The molecule has 0 unspecified atom stereocenters. The van der Waals surface area contributed by atoms with Crippen molar-refractivity contribution in [2.24, 2.45) is 0 Å². The summed E-state index contributed by atoms with van der Waals surface area (Å²) < 4.78 is 31.3. The molecular weight excluding hydrogens is 308 g/mol. The Kier molecular flexibility index (Phi) is 7.66. The van der Waals surface area contributed by atoms with E-state index in [-0.39, 0.29) is 11.8 Å². The lowest BCUT2D eigenvalue weighted by Crippen LogP contribution is -2.44. The van der Waals surface area contributed by atoms with Gasteiger partial charge in [0.15, 0.2) is 5.78 Å². The standard InChI is InChI=1S/C14H22O7Si/c1-16-14(17-2)21-13-9-7-6-8-11(13)12(15)10-22(18-3,19-4)20-5/h6-9,14H,10H2,1-5H3. The number of carbonyl (C=O) groups excluding carboxylic acids is 1. The molecule has 7 nitrogen and oxygen atoms in total. The quantitative estimate of drug-likeness (QED) is 0.367. The van der Waals surface area contributed by atoms with Crippen LogP contribution < -0.4 is 4.74 Å². The maximum atomic E-state index is 12.5. The highest BCUT2D eigenvalue weighted by atomic mass is 28.4. The number of para-hydroxylation sites is 1. The minimum absolute atomic E-state index is 0.00149. The number of Topliss-reactive ketones (excluding diaryl/α,β-unsaturated/α-hetero) is 1. The molecule has 0 aromatic heterocycles. The molecule has 0 heterocycles. The molecule has 0 saturated carbocycles. The van der Waals surface area contributed by atoms with Crippen LogP contribution in [0.1, 0.15) is 10.4 Å². The van der Waals surface area contributed by atoms with E-state index in [0.29, 0.717) is 11.3 Å². The zero-order valence-electron chi connectivity index (χ0n) is 13.5. The molecule has 124 valence electrons. The Hall–Kier alpha value is -1.29. The highest BCUT2D eigenvalue weighted by Gasteiger charge is 2.41. The van der Waals surface area contributed by atoms with Crippen LogP contribution in [0.25, 0.3) is 0 Å². The third-order valence-corrected chi connectivity index (χ3v) is 5.73. The molecule has 0 aliphatic rings. The van der Waals surface area contributed by atoms with Crippen LogP contribution in [0.3, 0.4) is 0 Å². The second-order valence-corrected chi connectivity index (χ2v) is 7.21. The van der Waals surface area contributed by atoms with Gasteiger partial charge in [-0.2, -0.15) is 0 Å². The van der Waals surface area contributed by atoms with Gasteiger partial charge in [0.05, 0.1) is 11.6 Å². The van der Waals surface area contributed by atoms with Crippen LogP contribution >= 0.6 is 0 Å². The van der Waals surface area contributed by atoms with Crippen molar-refractivity contribution in [2.75, 3.05) is 35.5 Å². The Morgan fingerprint density at radius 3 is 2.05 bits per heavy atom. The molecule has 1 aromatic rings. The maximum Gasteiger partial charge on any atom is 0.508 e. The van der Waals surface area contributed by atoms with Gasteiger partial charge < -0.3 is 27.5 Å². The number of ketones is 1. The van der Waals surface area contributed by atoms with Crippen molar-refractivity contribution in [3.63, 3.8) is 0 Å². The van der Waals surface area contributed by atoms with Crippen molar-refractivity contribution in [3.05, 3.63) is 29.8 Å². The van der Waals surface area contributed by atoms with E-state index in [9.17, 15) is 4.79 Å². The first-order valence-corrected chi connectivity index (χ1v) is 8.49. The van der Waals surface area contributed by atoms with Gasteiger partial charge >= 0.3 is 15.3 Å². The van der Waals surface area contributed by atoms with Crippen LogP contribution in [0.5, 0.6) is 5.75 Å². The monoisotopic (exact) mass is 330 g/mol. The molecule has 0 saturated heterocycles. The molecule has 0 radical (unpaired) electrons. The molecule has 1 aromatic carbocycles. The van der Waals surface area contributed by atoms with Gasteiger partial charge in [0, 0.05) is 35.5 Å². The first-order chi connectivity index (χ1) is 10.6. The average Bonchev–Trinajstić information content (AvgIpc) is 2.57. The second kappa shape index (κ2) is 8.98. The van der Waals surface area contributed by atoms with Crippen LogP contribution in [0.4, 0.5) is 0 Å². The van der Waals surface area contributed by atoms with Gasteiger partial charge in [-0.25, -0.2) is 0 Å². The Labute approximate surface area is 131 Å². The highest BCUT2D eigenvalue weighted by molar-refractivity contribution is 6.64. The van der Waals surface area contributed by atoms with E-state index in [2.05, 4.69) is 0 Å². The summed E-state index contributed by atoms with van der Waals surface area (Å²) in [6.45, 7) is -0.900. The Balaban J connectivity index is 2.98. The molecular formula is C14H22O7Si. The predicted octanol–water partition coefficient (Wildman–Crippen LogP) is 1.70. The Bertz CT molecular complexity index is 464. The summed E-state index contributed by atoms with van der Waals surface area (Å²) in [5.74, 6) is 0.145. The van der Waals surface area contributed by atoms with E-state index in [0.717, 1.165) is 0 Å². The third kappa shape index (κ3) is 4.60. The summed E-state index contributed by atoms with van der Waals surface area (Å²) in [7, 11) is 4.25. The number of benzene rings is 1. The van der Waals surface area contributed by atoms with Crippen molar-refractivity contribution in [3.8, 4) is 5.75 Å². The minimum atomic E-state index is -3.01. The molecule has 0 fully saturated rings. The highest BCUT2D eigenvalue weighted by Crippen LogP contribution is 2.24.